The zero-order chi connectivity index (χ0) is 13.1. The van der Waals surface area contributed by atoms with Gasteiger partial charge < -0.3 is 5.32 Å². The molecule has 0 aromatic rings. The van der Waals surface area contributed by atoms with Gasteiger partial charge in [0.25, 0.3) is 0 Å². The fraction of sp³-hybridized carbons (Fsp3) is 0.583. The van der Waals surface area contributed by atoms with Crippen molar-refractivity contribution in [1.82, 2.24) is 5.32 Å². The lowest BCUT2D eigenvalue weighted by Crippen LogP contribution is -2.28. The predicted octanol–water partition coefficient (Wildman–Crippen LogP) is 1.64. The fourth-order valence-corrected chi connectivity index (χ4v) is 0.752. The summed E-state index contributed by atoms with van der Waals surface area (Å²) in [5.74, 6) is -0.512. The summed E-state index contributed by atoms with van der Waals surface area (Å²) < 4.78 is 0. The molecule has 0 aliphatic rings. The Morgan fingerprint density at radius 1 is 1.06 bits per heavy atom. The van der Waals surface area contributed by atoms with Gasteiger partial charge in [-0.1, -0.05) is 20.4 Å². The van der Waals surface area contributed by atoms with Crippen molar-refractivity contribution in [1.29, 1.82) is 0 Å². The molecule has 0 atom stereocenters. The van der Waals surface area contributed by atoms with E-state index in [9.17, 15) is 14.4 Å². The van der Waals surface area contributed by atoms with Crippen LogP contribution < -0.4 is 5.32 Å². The Morgan fingerprint density at radius 3 is 1.94 bits per heavy atom. The molecule has 0 unspecified atom stereocenters. The number of hydrogen-bond donors (Lipinski definition) is 1. The number of nitrogens with one attached hydrogen (secondary N) is 1. The van der Waals surface area contributed by atoms with Crippen LogP contribution in [0.4, 0.5) is 0 Å². The fourth-order valence-electron chi connectivity index (χ4n) is 0.752. The van der Waals surface area contributed by atoms with Gasteiger partial charge >= 0.3 is 0 Å². The molecule has 0 spiro atoms. The van der Waals surface area contributed by atoms with Gasteiger partial charge in [0.15, 0.2) is 5.78 Å². The van der Waals surface area contributed by atoms with Crippen LogP contribution in [0.3, 0.4) is 0 Å². The lowest BCUT2D eigenvalue weighted by Gasteiger charge is -2.01. The normalized spacial score (nSPS) is 8.50. The van der Waals surface area contributed by atoms with Crippen molar-refractivity contribution in [3.8, 4) is 0 Å². The molecule has 92 valence electrons. The largest absolute Gasteiger partial charge is 0.349 e. The van der Waals surface area contributed by atoms with Crippen molar-refractivity contribution in [2.24, 2.45) is 0 Å². The molecule has 0 heterocycles. The van der Waals surface area contributed by atoms with Crippen molar-refractivity contribution >= 4 is 17.5 Å². The van der Waals surface area contributed by atoms with Crippen molar-refractivity contribution in [3.63, 3.8) is 0 Å². The van der Waals surface area contributed by atoms with E-state index >= 15 is 0 Å². The Kier molecular flexibility index (Phi) is 10.7. The van der Waals surface area contributed by atoms with Crippen LogP contribution in [-0.4, -0.2) is 24.0 Å². The smallest absolute Gasteiger partial charge is 0.220 e. The van der Waals surface area contributed by atoms with E-state index in [-0.39, 0.29) is 36.9 Å². The standard InChI is InChI=1S/C10H15NO3.C2H6/c1-7(2)9(13)4-5-10(14)11-6-8(3)12;1-2/h1,4-6H2,2-3H3,(H,11,14);1-2H3. The molecule has 0 aromatic heterocycles. The minimum absolute atomic E-state index is 0.0279. The third-order valence-corrected chi connectivity index (χ3v) is 1.59. The van der Waals surface area contributed by atoms with E-state index in [2.05, 4.69) is 11.9 Å². The van der Waals surface area contributed by atoms with Gasteiger partial charge in [0.1, 0.15) is 5.78 Å². The van der Waals surface area contributed by atoms with Crippen LogP contribution in [0, 0.1) is 0 Å². The first-order valence-electron chi connectivity index (χ1n) is 5.38. The quantitative estimate of drug-likeness (QED) is 0.702. The maximum absolute atomic E-state index is 11.0. The first kappa shape index (κ1) is 17.0. The number of hydrogen-bond acceptors (Lipinski definition) is 3. The van der Waals surface area contributed by atoms with Gasteiger partial charge in [-0.2, -0.15) is 0 Å². The summed E-state index contributed by atoms with van der Waals surface area (Å²) in [7, 11) is 0. The van der Waals surface area contributed by atoms with Gasteiger partial charge in [0, 0.05) is 12.8 Å². The Labute approximate surface area is 97.1 Å². The highest BCUT2D eigenvalue weighted by Crippen LogP contribution is 1.98. The average Bonchev–Trinajstić information content (AvgIpc) is 2.25. The second-order valence-electron chi connectivity index (χ2n) is 3.18. The molecule has 0 aromatic carbocycles. The van der Waals surface area contributed by atoms with Gasteiger partial charge in [-0.3, -0.25) is 14.4 Å². The summed E-state index contributed by atoms with van der Waals surface area (Å²) in [6.45, 7) is 10.5. The molecule has 0 saturated carbocycles. The molecule has 1 N–H and O–H groups in total. The number of carbonyl (C=O) groups excluding carboxylic acids is 3. The molecule has 0 radical (unpaired) electrons. The third-order valence-electron chi connectivity index (χ3n) is 1.59. The van der Waals surface area contributed by atoms with E-state index in [1.807, 2.05) is 13.8 Å². The summed E-state index contributed by atoms with van der Waals surface area (Å²) >= 11 is 0. The maximum Gasteiger partial charge on any atom is 0.220 e. The first-order chi connectivity index (χ1) is 7.43. The Bertz CT molecular complexity index is 269. The second kappa shape index (κ2) is 10.1. The van der Waals surface area contributed by atoms with E-state index in [0.717, 1.165) is 0 Å². The van der Waals surface area contributed by atoms with Crippen molar-refractivity contribution in [2.75, 3.05) is 6.54 Å². The highest BCUT2D eigenvalue weighted by Gasteiger charge is 2.07. The van der Waals surface area contributed by atoms with Crippen LogP contribution in [-0.2, 0) is 14.4 Å². The minimum Gasteiger partial charge on any atom is -0.349 e. The molecule has 4 heteroatoms. The van der Waals surface area contributed by atoms with Crippen molar-refractivity contribution in [3.05, 3.63) is 12.2 Å². The molecule has 0 rings (SSSR count). The third kappa shape index (κ3) is 10.6. The van der Waals surface area contributed by atoms with Gasteiger partial charge in [-0.25, -0.2) is 0 Å². The van der Waals surface area contributed by atoms with Gasteiger partial charge in [0.05, 0.1) is 6.54 Å². The number of carbonyl (C=O) groups is 3. The van der Waals surface area contributed by atoms with Crippen LogP contribution in [0.15, 0.2) is 12.2 Å². The molecule has 0 saturated heterocycles. The molecular formula is C12H21NO3. The summed E-state index contributed by atoms with van der Waals surface area (Å²) in [6, 6.07) is 0. The van der Waals surface area contributed by atoms with Gasteiger partial charge in [0.2, 0.25) is 5.91 Å². The number of ketones is 2. The van der Waals surface area contributed by atoms with E-state index in [1.54, 1.807) is 6.92 Å². The van der Waals surface area contributed by atoms with Gasteiger partial charge in [-0.05, 0) is 19.4 Å². The van der Waals surface area contributed by atoms with Crippen LogP contribution in [0.25, 0.3) is 0 Å². The van der Waals surface area contributed by atoms with E-state index in [4.69, 9.17) is 0 Å². The Hall–Kier alpha value is -1.45. The maximum atomic E-state index is 11.0. The average molecular weight is 227 g/mol. The van der Waals surface area contributed by atoms with Gasteiger partial charge in [-0.15, -0.1) is 0 Å². The first-order valence-corrected chi connectivity index (χ1v) is 5.38. The van der Waals surface area contributed by atoms with Crippen molar-refractivity contribution in [2.45, 2.75) is 40.5 Å². The zero-order valence-electron chi connectivity index (χ0n) is 10.6. The molecule has 0 fully saturated rings. The van der Waals surface area contributed by atoms with Crippen molar-refractivity contribution < 1.29 is 14.4 Å². The highest BCUT2D eigenvalue weighted by atomic mass is 16.2. The summed E-state index contributed by atoms with van der Waals surface area (Å²) in [5.41, 5.74) is 0.448. The van der Waals surface area contributed by atoms with E-state index in [1.165, 1.54) is 6.92 Å². The number of Topliss-reactive ketones (excluding diaryl/α,β-unsaturated/α-hetero) is 2. The molecule has 0 bridgehead atoms. The monoisotopic (exact) mass is 227 g/mol. The number of amides is 1. The summed E-state index contributed by atoms with van der Waals surface area (Å²) in [4.78, 5) is 32.6. The lowest BCUT2D eigenvalue weighted by atomic mass is 10.1. The molecule has 0 aliphatic carbocycles. The van der Waals surface area contributed by atoms with E-state index in [0.29, 0.717) is 5.57 Å². The summed E-state index contributed by atoms with van der Waals surface area (Å²) in [5, 5.41) is 2.41. The molecular weight excluding hydrogens is 206 g/mol. The van der Waals surface area contributed by atoms with Crippen LogP contribution in [0.1, 0.15) is 40.5 Å². The second-order valence-corrected chi connectivity index (χ2v) is 3.18. The molecule has 4 nitrogen and oxygen atoms in total. The number of rotatable bonds is 6. The summed E-state index contributed by atoms with van der Waals surface area (Å²) in [6.07, 6.45) is 0.262. The Balaban J connectivity index is 0. The van der Waals surface area contributed by atoms with Crippen LogP contribution >= 0.6 is 0 Å². The zero-order valence-corrected chi connectivity index (χ0v) is 10.6. The predicted molar refractivity (Wildman–Crippen MR) is 64.1 cm³/mol. The lowest BCUT2D eigenvalue weighted by molar-refractivity contribution is -0.126. The highest BCUT2D eigenvalue weighted by molar-refractivity contribution is 5.96. The molecule has 0 aliphatic heterocycles. The van der Waals surface area contributed by atoms with E-state index < -0.39 is 0 Å². The van der Waals surface area contributed by atoms with Crippen LogP contribution in [0.5, 0.6) is 0 Å². The molecule has 16 heavy (non-hydrogen) atoms. The molecule has 1 amide bonds. The minimum atomic E-state index is -0.283. The Morgan fingerprint density at radius 2 is 1.56 bits per heavy atom. The topological polar surface area (TPSA) is 63.2 Å². The number of allylic oxidation sites excluding steroid dienone is 1. The van der Waals surface area contributed by atoms with Crippen LogP contribution in [0.2, 0.25) is 0 Å². The SMILES string of the molecule is C=C(C)C(=O)CCC(=O)NCC(C)=O.CC.